The van der Waals surface area contributed by atoms with Gasteiger partial charge in [-0.3, -0.25) is 9.78 Å². The van der Waals surface area contributed by atoms with Crippen LogP contribution in [0.1, 0.15) is 43.1 Å². The van der Waals surface area contributed by atoms with E-state index in [1.165, 1.54) is 0 Å². The molecule has 0 radical (unpaired) electrons. The SMILES string of the molecule is CC(C)(C)C(=O)N1CC[C@@H](Cc2ccc(-c3cccc(C(=O)O)c3)nc2)C1. The van der Waals surface area contributed by atoms with Crippen molar-refractivity contribution < 1.29 is 14.7 Å². The van der Waals surface area contributed by atoms with E-state index in [1.54, 1.807) is 18.2 Å². The van der Waals surface area contributed by atoms with Crippen molar-refractivity contribution in [2.75, 3.05) is 13.1 Å². The van der Waals surface area contributed by atoms with Gasteiger partial charge < -0.3 is 10.0 Å². The zero-order valence-corrected chi connectivity index (χ0v) is 16.1. The molecule has 1 aliphatic heterocycles. The predicted molar refractivity (Wildman–Crippen MR) is 104 cm³/mol. The summed E-state index contributed by atoms with van der Waals surface area (Å²) in [5.74, 6) is -0.264. The Morgan fingerprint density at radius 2 is 2.00 bits per heavy atom. The van der Waals surface area contributed by atoms with E-state index in [4.69, 9.17) is 5.11 Å². The van der Waals surface area contributed by atoms with Gasteiger partial charge in [0.1, 0.15) is 0 Å². The second-order valence-electron chi connectivity index (χ2n) is 8.30. The average Bonchev–Trinajstić information content (AvgIpc) is 3.09. The summed E-state index contributed by atoms with van der Waals surface area (Å²) in [4.78, 5) is 30.0. The van der Waals surface area contributed by atoms with Crippen LogP contribution in [-0.4, -0.2) is 40.0 Å². The summed E-state index contributed by atoms with van der Waals surface area (Å²) >= 11 is 0. The minimum Gasteiger partial charge on any atom is -0.478 e. The molecule has 3 rings (SSSR count). The zero-order valence-electron chi connectivity index (χ0n) is 16.1. The van der Waals surface area contributed by atoms with Crippen LogP contribution >= 0.6 is 0 Å². The highest BCUT2D eigenvalue weighted by Crippen LogP contribution is 2.26. The van der Waals surface area contributed by atoms with Crippen molar-refractivity contribution >= 4 is 11.9 Å². The van der Waals surface area contributed by atoms with Crippen molar-refractivity contribution in [2.45, 2.75) is 33.6 Å². The fourth-order valence-corrected chi connectivity index (χ4v) is 3.52. The molecule has 5 nitrogen and oxygen atoms in total. The monoisotopic (exact) mass is 366 g/mol. The first kappa shape index (κ1) is 19.1. The summed E-state index contributed by atoms with van der Waals surface area (Å²) in [6.07, 6.45) is 3.78. The van der Waals surface area contributed by atoms with E-state index in [0.29, 0.717) is 5.92 Å². The number of benzene rings is 1. The third-order valence-electron chi connectivity index (χ3n) is 4.97. The number of carboxylic acids is 1. The number of carbonyl (C=O) groups excluding carboxylic acids is 1. The molecule has 1 atom stereocenters. The van der Waals surface area contributed by atoms with Gasteiger partial charge in [0, 0.05) is 30.3 Å². The number of hydrogen-bond acceptors (Lipinski definition) is 3. The molecule has 5 heteroatoms. The molecule has 1 aromatic heterocycles. The second kappa shape index (κ2) is 7.51. The van der Waals surface area contributed by atoms with Gasteiger partial charge >= 0.3 is 5.97 Å². The van der Waals surface area contributed by atoms with Gasteiger partial charge in [-0.05, 0) is 42.5 Å². The lowest BCUT2D eigenvalue weighted by Gasteiger charge is -2.25. The van der Waals surface area contributed by atoms with E-state index in [-0.39, 0.29) is 16.9 Å². The number of carbonyl (C=O) groups is 2. The highest BCUT2D eigenvalue weighted by Gasteiger charge is 2.32. The number of pyridine rings is 1. The van der Waals surface area contributed by atoms with Crippen molar-refractivity contribution in [1.82, 2.24) is 9.88 Å². The Kier molecular flexibility index (Phi) is 5.31. The molecule has 2 aromatic rings. The van der Waals surface area contributed by atoms with Gasteiger partial charge in [0.2, 0.25) is 5.91 Å². The number of carboxylic acid groups (broad SMARTS) is 1. The number of likely N-dealkylation sites (tertiary alicyclic amines) is 1. The maximum absolute atomic E-state index is 12.4. The van der Waals surface area contributed by atoms with Crippen LogP contribution < -0.4 is 0 Å². The van der Waals surface area contributed by atoms with Crippen molar-refractivity contribution in [3.05, 3.63) is 53.7 Å². The number of rotatable bonds is 4. The van der Waals surface area contributed by atoms with Gasteiger partial charge in [-0.1, -0.05) is 39.0 Å². The Hall–Kier alpha value is -2.69. The molecule has 1 amide bonds. The first-order chi connectivity index (χ1) is 12.7. The van der Waals surface area contributed by atoms with E-state index >= 15 is 0 Å². The van der Waals surface area contributed by atoms with Crippen LogP contribution in [0.3, 0.4) is 0 Å². The summed E-state index contributed by atoms with van der Waals surface area (Å²) in [6.45, 7) is 7.52. The van der Waals surface area contributed by atoms with Gasteiger partial charge in [-0.25, -0.2) is 4.79 Å². The number of aromatic nitrogens is 1. The number of aromatic carboxylic acids is 1. The third kappa shape index (κ3) is 4.54. The molecular weight excluding hydrogens is 340 g/mol. The topological polar surface area (TPSA) is 70.5 Å². The Balaban J connectivity index is 1.64. The molecule has 1 aliphatic rings. The fraction of sp³-hybridized carbons (Fsp3) is 0.409. The van der Waals surface area contributed by atoms with Crippen LogP contribution in [0.25, 0.3) is 11.3 Å². The number of amides is 1. The Morgan fingerprint density at radius 3 is 2.63 bits per heavy atom. The molecule has 0 spiro atoms. The molecular formula is C22H26N2O3. The Labute approximate surface area is 160 Å². The molecule has 1 N–H and O–H groups in total. The lowest BCUT2D eigenvalue weighted by Crippen LogP contribution is -2.38. The molecule has 1 aromatic carbocycles. The molecule has 27 heavy (non-hydrogen) atoms. The van der Waals surface area contributed by atoms with Gasteiger partial charge in [0.05, 0.1) is 11.3 Å². The van der Waals surface area contributed by atoms with Gasteiger partial charge in [-0.15, -0.1) is 0 Å². The summed E-state index contributed by atoms with van der Waals surface area (Å²) in [6, 6.07) is 10.8. The normalized spacial score (nSPS) is 17.1. The molecule has 0 bridgehead atoms. The summed E-state index contributed by atoms with van der Waals surface area (Å²) in [5.41, 5.74) is 2.63. The van der Waals surface area contributed by atoms with E-state index in [9.17, 15) is 9.59 Å². The maximum atomic E-state index is 12.4. The molecule has 2 heterocycles. The Morgan fingerprint density at radius 1 is 1.22 bits per heavy atom. The van der Waals surface area contributed by atoms with Crippen molar-refractivity contribution in [1.29, 1.82) is 0 Å². The highest BCUT2D eigenvalue weighted by atomic mass is 16.4. The summed E-state index contributed by atoms with van der Waals surface area (Å²) < 4.78 is 0. The highest BCUT2D eigenvalue weighted by molar-refractivity contribution is 5.89. The largest absolute Gasteiger partial charge is 0.478 e. The summed E-state index contributed by atoms with van der Waals surface area (Å²) in [5, 5.41) is 9.12. The quantitative estimate of drug-likeness (QED) is 0.891. The minimum absolute atomic E-state index is 0.219. The van der Waals surface area contributed by atoms with Crippen LogP contribution in [-0.2, 0) is 11.2 Å². The number of hydrogen-bond donors (Lipinski definition) is 1. The average molecular weight is 366 g/mol. The molecule has 0 saturated carbocycles. The third-order valence-corrected chi connectivity index (χ3v) is 4.97. The van der Waals surface area contributed by atoms with E-state index in [2.05, 4.69) is 4.98 Å². The summed E-state index contributed by atoms with van der Waals surface area (Å²) in [7, 11) is 0. The maximum Gasteiger partial charge on any atom is 0.335 e. The number of nitrogens with zero attached hydrogens (tertiary/aromatic N) is 2. The van der Waals surface area contributed by atoms with Crippen LogP contribution in [0.5, 0.6) is 0 Å². The van der Waals surface area contributed by atoms with Crippen molar-refractivity contribution in [2.24, 2.45) is 11.3 Å². The van der Waals surface area contributed by atoms with Gasteiger partial charge in [0.15, 0.2) is 0 Å². The smallest absolute Gasteiger partial charge is 0.335 e. The molecule has 0 unspecified atom stereocenters. The second-order valence-corrected chi connectivity index (χ2v) is 8.30. The lowest BCUT2D eigenvalue weighted by molar-refractivity contribution is -0.138. The Bertz CT molecular complexity index is 837. The van der Waals surface area contributed by atoms with Gasteiger partial charge in [-0.2, -0.15) is 0 Å². The minimum atomic E-state index is -0.941. The van der Waals surface area contributed by atoms with Crippen LogP contribution in [0.2, 0.25) is 0 Å². The van der Waals surface area contributed by atoms with E-state index in [0.717, 1.165) is 42.8 Å². The van der Waals surface area contributed by atoms with Gasteiger partial charge in [0.25, 0.3) is 0 Å². The lowest BCUT2D eigenvalue weighted by atomic mass is 9.95. The van der Waals surface area contributed by atoms with Crippen LogP contribution in [0, 0.1) is 11.3 Å². The molecule has 0 aliphatic carbocycles. The molecule has 1 saturated heterocycles. The molecule has 1 fully saturated rings. The standard InChI is InChI=1S/C22H26N2O3/c1-22(2,3)21(27)24-10-9-16(14-24)11-15-7-8-19(23-13-15)17-5-4-6-18(12-17)20(25)26/h4-8,12-13,16H,9-11,14H2,1-3H3,(H,25,26)/t16-/m0/s1. The molecule has 142 valence electrons. The van der Waals surface area contributed by atoms with Crippen molar-refractivity contribution in [3.63, 3.8) is 0 Å². The zero-order chi connectivity index (χ0) is 19.6. The van der Waals surface area contributed by atoms with Crippen molar-refractivity contribution in [3.8, 4) is 11.3 Å². The van der Waals surface area contributed by atoms with E-state index in [1.807, 2.05) is 50.1 Å². The van der Waals surface area contributed by atoms with Crippen LogP contribution in [0.15, 0.2) is 42.6 Å². The first-order valence-corrected chi connectivity index (χ1v) is 9.32. The van der Waals surface area contributed by atoms with E-state index < -0.39 is 5.97 Å². The fourth-order valence-electron chi connectivity index (χ4n) is 3.52. The first-order valence-electron chi connectivity index (χ1n) is 9.32. The predicted octanol–water partition coefficient (Wildman–Crippen LogP) is 3.88. The van der Waals surface area contributed by atoms with Crippen LogP contribution in [0.4, 0.5) is 0 Å².